The predicted molar refractivity (Wildman–Crippen MR) is 75.6 cm³/mol. The first kappa shape index (κ1) is 11.5. The Kier molecular flexibility index (Phi) is 2.53. The highest BCUT2D eigenvalue weighted by Gasteiger charge is 2.35. The van der Waals surface area contributed by atoms with Crippen LogP contribution in [0.3, 0.4) is 0 Å². The van der Waals surface area contributed by atoms with Gasteiger partial charge in [-0.05, 0) is 54.5 Å². The lowest BCUT2D eigenvalue weighted by Crippen LogP contribution is -2.38. The molecule has 1 nitrogen and oxygen atoms in total. The maximum Gasteiger partial charge on any atom is 0.0494 e. The van der Waals surface area contributed by atoms with E-state index in [2.05, 4.69) is 56.3 Å². The Hall–Kier alpha value is -1.60. The molecule has 0 unspecified atom stereocenters. The van der Waals surface area contributed by atoms with Crippen LogP contribution < -0.4 is 5.73 Å². The highest BCUT2D eigenvalue weighted by Crippen LogP contribution is 2.37. The van der Waals surface area contributed by atoms with Gasteiger partial charge in [0.05, 0.1) is 0 Å². The lowest BCUT2D eigenvalue weighted by atomic mass is 9.84. The van der Waals surface area contributed by atoms with Gasteiger partial charge in [0.1, 0.15) is 0 Å². The van der Waals surface area contributed by atoms with Gasteiger partial charge in [0.15, 0.2) is 0 Å². The minimum atomic E-state index is -0.222. The van der Waals surface area contributed by atoms with Gasteiger partial charge in [-0.15, -0.1) is 0 Å². The van der Waals surface area contributed by atoms with E-state index in [0.29, 0.717) is 0 Å². The first-order valence-corrected chi connectivity index (χ1v) is 6.52. The fraction of sp³-hybridized carbons (Fsp3) is 0.294. The zero-order valence-electron chi connectivity index (χ0n) is 11.0. The molecule has 1 aliphatic carbocycles. The Labute approximate surface area is 109 Å². The molecule has 1 aliphatic rings. The molecule has 2 aromatic rings. The molecule has 0 fully saturated rings. The number of fused-ring (bicyclic) bond motifs is 1. The Morgan fingerprint density at radius 2 is 1.50 bits per heavy atom. The number of hydrogen-bond acceptors (Lipinski definition) is 1. The molecule has 0 saturated carbocycles. The van der Waals surface area contributed by atoms with E-state index in [4.69, 9.17) is 5.73 Å². The summed E-state index contributed by atoms with van der Waals surface area (Å²) >= 11 is 0. The van der Waals surface area contributed by atoms with Gasteiger partial charge in [-0.3, -0.25) is 0 Å². The van der Waals surface area contributed by atoms with E-state index in [0.717, 1.165) is 12.8 Å². The van der Waals surface area contributed by atoms with Crippen molar-refractivity contribution in [2.45, 2.75) is 32.2 Å². The summed E-state index contributed by atoms with van der Waals surface area (Å²) < 4.78 is 0. The van der Waals surface area contributed by atoms with Crippen LogP contribution in [0.1, 0.15) is 27.8 Å². The van der Waals surface area contributed by atoms with Crippen molar-refractivity contribution in [3.63, 3.8) is 0 Å². The lowest BCUT2D eigenvalue weighted by Gasteiger charge is -2.27. The average Bonchev–Trinajstić information content (AvgIpc) is 2.69. The van der Waals surface area contributed by atoms with Crippen molar-refractivity contribution in [3.05, 3.63) is 70.3 Å². The molecule has 0 bridgehead atoms. The standard InChI is InChI=1S/C17H19N/c1-12-6-5-9-16(13(12)2)17(18)10-14-7-3-4-8-15(14)11-17/h3-9H,10-11,18H2,1-2H3. The minimum Gasteiger partial charge on any atom is -0.321 e. The van der Waals surface area contributed by atoms with E-state index >= 15 is 0 Å². The number of benzene rings is 2. The Morgan fingerprint density at radius 1 is 0.889 bits per heavy atom. The van der Waals surface area contributed by atoms with E-state index < -0.39 is 0 Å². The normalized spacial score (nSPS) is 16.6. The lowest BCUT2D eigenvalue weighted by molar-refractivity contribution is 0.470. The zero-order valence-corrected chi connectivity index (χ0v) is 11.0. The summed E-state index contributed by atoms with van der Waals surface area (Å²) in [6.45, 7) is 4.34. The highest BCUT2D eigenvalue weighted by molar-refractivity contribution is 5.45. The van der Waals surface area contributed by atoms with Crippen molar-refractivity contribution in [2.24, 2.45) is 5.73 Å². The molecule has 0 aromatic heterocycles. The largest absolute Gasteiger partial charge is 0.321 e. The summed E-state index contributed by atoms with van der Waals surface area (Å²) in [5.74, 6) is 0. The monoisotopic (exact) mass is 237 g/mol. The number of rotatable bonds is 1. The quantitative estimate of drug-likeness (QED) is 0.809. The smallest absolute Gasteiger partial charge is 0.0494 e. The molecule has 0 saturated heterocycles. The second-order valence-electron chi connectivity index (χ2n) is 5.53. The molecule has 0 radical (unpaired) electrons. The van der Waals surface area contributed by atoms with Crippen LogP contribution in [0.15, 0.2) is 42.5 Å². The number of hydrogen-bond donors (Lipinski definition) is 1. The number of aryl methyl sites for hydroxylation is 1. The van der Waals surface area contributed by atoms with Crippen LogP contribution in [0.25, 0.3) is 0 Å². The van der Waals surface area contributed by atoms with Gasteiger partial charge in [-0.25, -0.2) is 0 Å². The first-order chi connectivity index (χ1) is 8.60. The van der Waals surface area contributed by atoms with Crippen molar-refractivity contribution >= 4 is 0 Å². The summed E-state index contributed by atoms with van der Waals surface area (Å²) in [5.41, 5.74) is 13.3. The molecule has 2 N–H and O–H groups in total. The summed E-state index contributed by atoms with van der Waals surface area (Å²) in [6.07, 6.45) is 1.90. The molecule has 18 heavy (non-hydrogen) atoms. The van der Waals surface area contributed by atoms with Gasteiger partial charge >= 0.3 is 0 Å². The van der Waals surface area contributed by atoms with E-state index in [1.807, 2.05) is 0 Å². The van der Waals surface area contributed by atoms with Crippen LogP contribution in [0, 0.1) is 13.8 Å². The SMILES string of the molecule is Cc1cccc(C2(N)Cc3ccccc3C2)c1C. The van der Waals surface area contributed by atoms with E-state index in [9.17, 15) is 0 Å². The summed E-state index contributed by atoms with van der Waals surface area (Å²) in [6, 6.07) is 15.1. The molecule has 0 aliphatic heterocycles. The number of nitrogens with two attached hydrogens (primary N) is 1. The third kappa shape index (κ3) is 1.67. The van der Waals surface area contributed by atoms with Gasteiger partial charge in [0.2, 0.25) is 0 Å². The second kappa shape index (κ2) is 3.96. The molecule has 92 valence electrons. The Balaban J connectivity index is 2.07. The molecule has 1 heteroatoms. The van der Waals surface area contributed by atoms with Crippen LogP contribution in [0.5, 0.6) is 0 Å². The van der Waals surface area contributed by atoms with E-state index in [1.54, 1.807) is 0 Å². The molecule has 3 rings (SSSR count). The maximum atomic E-state index is 6.70. The fourth-order valence-electron chi connectivity index (χ4n) is 3.13. The van der Waals surface area contributed by atoms with Crippen molar-refractivity contribution in [1.29, 1.82) is 0 Å². The van der Waals surface area contributed by atoms with Crippen LogP contribution >= 0.6 is 0 Å². The molecule has 0 spiro atoms. The highest BCUT2D eigenvalue weighted by atomic mass is 14.8. The van der Waals surface area contributed by atoms with Crippen molar-refractivity contribution in [2.75, 3.05) is 0 Å². The van der Waals surface area contributed by atoms with Crippen LogP contribution in [0.4, 0.5) is 0 Å². The summed E-state index contributed by atoms with van der Waals surface area (Å²) in [4.78, 5) is 0. The van der Waals surface area contributed by atoms with Crippen molar-refractivity contribution in [1.82, 2.24) is 0 Å². The van der Waals surface area contributed by atoms with Crippen molar-refractivity contribution < 1.29 is 0 Å². The third-order valence-corrected chi connectivity index (χ3v) is 4.27. The molecule has 2 aromatic carbocycles. The molecule has 0 atom stereocenters. The summed E-state index contributed by atoms with van der Waals surface area (Å²) in [5, 5.41) is 0. The van der Waals surface area contributed by atoms with Gasteiger partial charge in [-0.2, -0.15) is 0 Å². The topological polar surface area (TPSA) is 26.0 Å². The van der Waals surface area contributed by atoms with Gasteiger partial charge in [0.25, 0.3) is 0 Å². The van der Waals surface area contributed by atoms with Gasteiger partial charge in [0, 0.05) is 5.54 Å². The fourth-order valence-corrected chi connectivity index (χ4v) is 3.13. The van der Waals surface area contributed by atoms with E-state index in [1.165, 1.54) is 27.8 Å². The minimum absolute atomic E-state index is 0.222. The average molecular weight is 237 g/mol. The third-order valence-electron chi connectivity index (χ3n) is 4.27. The van der Waals surface area contributed by atoms with Crippen LogP contribution in [0.2, 0.25) is 0 Å². The molecular formula is C17H19N. The van der Waals surface area contributed by atoms with Crippen molar-refractivity contribution in [3.8, 4) is 0 Å². The molecule has 0 heterocycles. The maximum absolute atomic E-state index is 6.70. The Morgan fingerprint density at radius 3 is 2.11 bits per heavy atom. The van der Waals surface area contributed by atoms with Crippen LogP contribution in [-0.4, -0.2) is 0 Å². The van der Waals surface area contributed by atoms with E-state index in [-0.39, 0.29) is 5.54 Å². The Bertz CT molecular complexity index is 573. The summed E-state index contributed by atoms with van der Waals surface area (Å²) in [7, 11) is 0. The van der Waals surface area contributed by atoms with Crippen LogP contribution in [-0.2, 0) is 18.4 Å². The predicted octanol–water partition coefficient (Wildman–Crippen LogP) is 3.26. The molecule has 0 amide bonds. The second-order valence-corrected chi connectivity index (χ2v) is 5.53. The molecular weight excluding hydrogens is 218 g/mol. The van der Waals surface area contributed by atoms with Gasteiger partial charge < -0.3 is 5.73 Å². The first-order valence-electron chi connectivity index (χ1n) is 6.52. The van der Waals surface area contributed by atoms with Gasteiger partial charge in [-0.1, -0.05) is 42.5 Å². The zero-order chi connectivity index (χ0) is 12.8.